The van der Waals surface area contributed by atoms with Gasteiger partial charge in [0.25, 0.3) is 0 Å². The molecule has 1 aromatic heterocycles. The maximum atomic E-state index is 11.4. The molecule has 1 aromatic rings. The number of carboxylic acid groups (broad SMARTS) is 1. The predicted molar refractivity (Wildman–Crippen MR) is 66.5 cm³/mol. The molecule has 1 unspecified atom stereocenters. The molecule has 0 aliphatic carbocycles. The summed E-state index contributed by atoms with van der Waals surface area (Å²) in [6.07, 6.45) is 3.65. The van der Waals surface area contributed by atoms with Gasteiger partial charge in [0.15, 0.2) is 0 Å². The maximum Gasteiger partial charge on any atom is 0.326 e. The van der Waals surface area contributed by atoms with Crippen LogP contribution in [0.15, 0.2) is 6.20 Å². The number of carbonyl (C=O) groups is 2. The molecule has 2 amide bonds. The van der Waals surface area contributed by atoms with Crippen LogP contribution in [0.25, 0.3) is 0 Å². The van der Waals surface area contributed by atoms with Crippen LogP contribution in [0.2, 0.25) is 0 Å². The Kier molecular flexibility index (Phi) is 5.70. The summed E-state index contributed by atoms with van der Waals surface area (Å²) in [5.41, 5.74) is 0. The molecule has 0 aliphatic rings. The molecule has 0 aliphatic heterocycles. The first-order valence-corrected chi connectivity index (χ1v) is 6.87. The highest BCUT2D eigenvalue weighted by Crippen LogP contribution is 2.09. The fourth-order valence-electron chi connectivity index (χ4n) is 1.02. The third kappa shape index (κ3) is 5.00. The molecule has 7 nitrogen and oxygen atoms in total. The SMILES string of the molecule is CSCCC(NC(=O)Nc1cnns1)C(=O)O. The van der Waals surface area contributed by atoms with Gasteiger partial charge in [0.1, 0.15) is 11.0 Å². The van der Waals surface area contributed by atoms with Gasteiger partial charge in [-0.3, -0.25) is 5.32 Å². The van der Waals surface area contributed by atoms with Crippen LogP contribution in [0.4, 0.5) is 9.80 Å². The lowest BCUT2D eigenvalue weighted by Crippen LogP contribution is -2.43. The fraction of sp³-hybridized carbons (Fsp3) is 0.500. The number of amides is 2. The molecule has 17 heavy (non-hydrogen) atoms. The van der Waals surface area contributed by atoms with Crippen molar-refractivity contribution in [2.75, 3.05) is 17.3 Å². The third-order valence-corrected chi connectivity index (χ3v) is 3.04. The molecular weight excluding hydrogens is 264 g/mol. The van der Waals surface area contributed by atoms with Crippen molar-refractivity contribution < 1.29 is 14.7 Å². The summed E-state index contributed by atoms with van der Waals surface area (Å²) in [7, 11) is 0. The van der Waals surface area contributed by atoms with E-state index in [1.165, 1.54) is 18.0 Å². The van der Waals surface area contributed by atoms with Crippen molar-refractivity contribution in [1.29, 1.82) is 0 Å². The molecule has 0 bridgehead atoms. The van der Waals surface area contributed by atoms with E-state index in [2.05, 4.69) is 20.2 Å². The second kappa shape index (κ2) is 7.07. The van der Waals surface area contributed by atoms with Crippen LogP contribution in [0, 0.1) is 0 Å². The molecule has 9 heteroatoms. The molecule has 1 atom stereocenters. The van der Waals surface area contributed by atoms with E-state index in [9.17, 15) is 9.59 Å². The zero-order valence-electron chi connectivity index (χ0n) is 9.04. The summed E-state index contributed by atoms with van der Waals surface area (Å²) >= 11 is 2.55. The van der Waals surface area contributed by atoms with Crippen LogP contribution in [0.5, 0.6) is 0 Å². The minimum atomic E-state index is -1.04. The number of rotatable bonds is 6. The highest BCUT2D eigenvalue weighted by Gasteiger charge is 2.19. The zero-order chi connectivity index (χ0) is 12.7. The van der Waals surface area contributed by atoms with Gasteiger partial charge in [0.2, 0.25) is 0 Å². The lowest BCUT2D eigenvalue weighted by molar-refractivity contribution is -0.139. The lowest BCUT2D eigenvalue weighted by atomic mass is 10.2. The number of aromatic nitrogens is 2. The summed E-state index contributed by atoms with van der Waals surface area (Å²) in [5.74, 6) is -0.379. The van der Waals surface area contributed by atoms with Gasteiger partial charge in [-0.2, -0.15) is 11.8 Å². The van der Waals surface area contributed by atoms with Gasteiger partial charge in [-0.1, -0.05) is 4.49 Å². The lowest BCUT2D eigenvalue weighted by Gasteiger charge is -2.13. The van der Waals surface area contributed by atoms with Crippen LogP contribution in [-0.2, 0) is 4.79 Å². The number of anilines is 1. The number of hydrogen-bond donors (Lipinski definition) is 3. The number of nitrogens with one attached hydrogen (secondary N) is 2. The monoisotopic (exact) mass is 276 g/mol. The predicted octanol–water partition coefficient (Wildman–Crippen LogP) is 0.866. The topological polar surface area (TPSA) is 104 Å². The molecule has 3 N–H and O–H groups in total. The number of hydrogen-bond acceptors (Lipinski definition) is 6. The normalized spacial score (nSPS) is 11.8. The first kappa shape index (κ1) is 13.7. The van der Waals surface area contributed by atoms with Crippen molar-refractivity contribution in [3.05, 3.63) is 6.20 Å². The van der Waals surface area contributed by atoms with Gasteiger partial charge in [-0.25, -0.2) is 9.59 Å². The summed E-state index contributed by atoms with van der Waals surface area (Å²) in [4.78, 5) is 22.3. The minimum absolute atomic E-state index is 0.380. The fourth-order valence-corrected chi connectivity index (χ4v) is 1.91. The van der Waals surface area contributed by atoms with Crippen molar-refractivity contribution in [2.45, 2.75) is 12.5 Å². The molecule has 0 saturated heterocycles. The van der Waals surface area contributed by atoms with E-state index in [4.69, 9.17) is 5.11 Å². The standard InChI is InChI=1S/C8H12N4O3S2/c1-16-3-2-5(7(13)14)10-8(15)11-6-4-9-12-17-6/h4-5H,2-3H2,1H3,(H,13,14)(H2,10,11,15). The zero-order valence-corrected chi connectivity index (χ0v) is 10.7. The van der Waals surface area contributed by atoms with Crippen molar-refractivity contribution >= 4 is 40.3 Å². The largest absolute Gasteiger partial charge is 0.480 e. The van der Waals surface area contributed by atoms with Crippen molar-refractivity contribution in [2.24, 2.45) is 0 Å². The van der Waals surface area contributed by atoms with E-state index in [0.29, 0.717) is 17.2 Å². The van der Waals surface area contributed by atoms with E-state index in [0.717, 1.165) is 11.5 Å². The van der Waals surface area contributed by atoms with Gasteiger partial charge in [0, 0.05) is 11.5 Å². The number of nitrogens with zero attached hydrogens (tertiary/aromatic N) is 2. The van der Waals surface area contributed by atoms with Crippen LogP contribution >= 0.6 is 23.3 Å². The van der Waals surface area contributed by atoms with E-state index in [-0.39, 0.29) is 0 Å². The molecule has 0 saturated carbocycles. The molecule has 94 valence electrons. The van der Waals surface area contributed by atoms with E-state index in [1.54, 1.807) is 0 Å². The quantitative estimate of drug-likeness (QED) is 0.712. The Balaban J connectivity index is 2.43. The van der Waals surface area contributed by atoms with Crippen LogP contribution in [-0.4, -0.2) is 44.7 Å². The minimum Gasteiger partial charge on any atom is -0.480 e. The van der Waals surface area contributed by atoms with Gasteiger partial charge in [-0.05, 0) is 18.4 Å². The number of carbonyl (C=O) groups excluding carboxylic acids is 1. The highest BCUT2D eigenvalue weighted by atomic mass is 32.2. The number of aliphatic carboxylic acids is 1. The highest BCUT2D eigenvalue weighted by molar-refractivity contribution is 7.98. The average Bonchev–Trinajstić information content (AvgIpc) is 2.76. The second-order valence-electron chi connectivity index (χ2n) is 3.05. The molecule has 1 heterocycles. The van der Waals surface area contributed by atoms with E-state index in [1.807, 2.05) is 6.26 Å². The molecular formula is C8H12N4O3S2. The average molecular weight is 276 g/mol. The first-order valence-electron chi connectivity index (χ1n) is 4.70. The molecule has 0 radical (unpaired) electrons. The van der Waals surface area contributed by atoms with Crippen LogP contribution in [0.1, 0.15) is 6.42 Å². The Morgan fingerprint density at radius 1 is 1.65 bits per heavy atom. The number of urea groups is 1. The number of thioether (sulfide) groups is 1. The molecule has 0 spiro atoms. The Hall–Kier alpha value is -1.35. The number of carboxylic acids is 1. The van der Waals surface area contributed by atoms with E-state index < -0.39 is 18.0 Å². The molecule has 0 fully saturated rings. The van der Waals surface area contributed by atoms with Gasteiger partial charge >= 0.3 is 12.0 Å². The van der Waals surface area contributed by atoms with E-state index >= 15 is 0 Å². The summed E-state index contributed by atoms with van der Waals surface area (Å²) < 4.78 is 3.57. The smallest absolute Gasteiger partial charge is 0.326 e. The third-order valence-electron chi connectivity index (χ3n) is 1.81. The maximum absolute atomic E-state index is 11.4. The Labute approximate surface area is 106 Å². The Morgan fingerprint density at radius 3 is 2.94 bits per heavy atom. The van der Waals surface area contributed by atoms with Gasteiger partial charge < -0.3 is 10.4 Å². The first-order chi connectivity index (χ1) is 8.13. The van der Waals surface area contributed by atoms with Crippen LogP contribution in [0.3, 0.4) is 0 Å². The second-order valence-corrected chi connectivity index (χ2v) is 4.82. The van der Waals surface area contributed by atoms with Crippen LogP contribution < -0.4 is 10.6 Å². The summed E-state index contributed by atoms with van der Waals surface area (Å²) in [6.45, 7) is 0. The van der Waals surface area contributed by atoms with Crippen molar-refractivity contribution in [3.8, 4) is 0 Å². The summed E-state index contributed by atoms with van der Waals surface area (Å²) in [6, 6.07) is -1.45. The van der Waals surface area contributed by atoms with Crippen molar-refractivity contribution in [1.82, 2.24) is 14.9 Å². The van der Waals surface area contributed by atoms with Crippen molar-refractivity contribution in [3.63, 3.8) is 0 Å². The molecule has 0 aromatic carbocycles. The van der Waals surface area contributed by atoms with Gasteiger partial charge in [-0.15, -0.1) is 5.10 Å². The Bertz CT molecular complexity index is 371. The Morgan fingerprint density at radius 2 is 2.41 bits per heavy atom. The summed E-state index contributed by atoms with van der Waals surface area (Å²) in [5, 5.41) is 17.8. The van der Waals surface area contributed by atoms with Gasteiger partial charge in [0.05, 0.1) is 6.20 Å². The molecule has 1 rings (SSSR count).